The molecule has 1 heterocycles. The summed E-state index contributed by atoms with van der Waals surface area (Å²) in [6, 6.07) is 16.9. The predicted octanol–water partition coefficient (Wildman–Crippen LogP) is 4.11. The normalized spacial score (nSPS) is 13.3. The molecule has 35 heavy (non-hydrogen) atoms. The third kappa shape index (κ3) is 4.45. The Morgan fingerprint density at radius 3 is 2.11 bits per heavy atom. The van der Waals surface area contributed by atoms with Crippen LogP contribution in [0.1, 0.15) is 53.3 Å². The molecule has 0 spiro atoms. The maximum Gasteiger partial charge on any atom is 0.266 e. The maximum absolute atomic E-state index is 13.1. The fourth-order valence-corrected chi connectivity index (χ4v) is 6.41. The Kier molecular flexibility index (Phi) is 6.49. The third-order valence-electron chi connectivity index (χ3n) is 6.74. The van der Waals surface area contributed by atoms with Crippen LogP contribution in [0.25, 0.3) is 0 Å². The number of rotatable bonds is 6. The average Bonchev–Trinajstić information content (AvgIpc) is 3.08. The van der Waals surface area contributed by atoms with Gasteiger partial charge in [0, 0.05) is 19.7 Å². The molecule has 6 nitrogen and oxygen atoms in total. The number of carbonyl (C=O) groups excluding carboxylic acids is 3. The van der Waals surface area contributed by atoms with Crippen molar-refractivity contribution in [3.05, 3.63) is 93.5 Å². The van der Waals surface area contributed by atoms with Gasteiger partial charge in [-0.1, -0.05) is 30.3 Å². The Hall–Kier alpha value is -3.55. The first kappa shape index (κ1) is 24.6. The van der Waals surface area contributed by atoms with E-state index in [0.29, 0.717) is 16.8 Å². The first-order valence-corrected chi connectivity index (χ1v) is 14.5. The zero-order valence-electron chi connectivity index (χ0n) is 21.0. The number of nitrogens with zero attached hydrogens (tertiary/aromatic N) is 1. The number of amides is 3. The molecular weight excluding hydrogens is 456 g/mol. The Bertz CT molecular complexity index is 1360. The van der Waals surface area contributed by atoms with E-state index in [1.165, 1.54) is 34.3 Å². The van der Waals surface area contributed by atoms with Crippen LogP contribution in [0.5, 0.6) is 0 Å². The second-order valence-corrected chi connectivity index (χ2v) is 13.4. The molecule has 3 amide bonds. The van der Waals surface area contributed by atoms with E-state index in [1.807, 2.05) is 25.1 Å². The van der Waals surface area contributed by atoms with Crippen molar-refractivity contribution in [2.24, 2.45) is 0 Å². The van der Waals surface area contributed by atoms with Gasteiger partial charge in [0.15, 0.2) is 0 Å². The van der Waals surface area contributed by atoms with Gasteiger partial charge in [0.2, 0.25) is 8.32 Å². The van der Waals surface area contributed by atoms with Crippen molar-refractivity contribution in [1.82, 2.24) is 5.32 Å². The van der Waals surface area contributed by atoms with Crippen molar-refractivity contribution in [2.75, 3.05) is 19.1 Å². The van der Waals surface area contributed by atoms with E-state index in [4.69, 9.17) is 4.43 Å². The molecule has 3 aromatic carbocycles. The zero-order valence-corrected chi connectivity index (χ0v) is 22.0. The fraction of sp³-hybridized carbons (Fsp3) is 0.250. The summed E-state index contributed by atoms with van der Waals surface area (Å²) >= 11 is 0. The van der Waals surface area contributed by atoms with Crippen molar-refractivity contribution < 1.29 is 18.8 Å². The molecule has 0 aromatic heterocycles. The molecule has 0 atom stereocenters. The lowest BCUT2D eigenvalue weighted by Gasteiger charge is -2.23. The minimum atomic E-state index is -1.89. The lowest BCUT2D eigenvalue weighted by atomic mass is 10.0. The van der Waals surface area contributed by atoms with E-state index >= 15 is 0 Å². The second kappa shape index (κ2) is 9.24. The van der Waals surface area contributed by atoms with E-state index in [9.17, 15) is 14.4 Å². The Labute approximate surface area is 207 Å². The summed E-state index contributed by atoms with van der Waals surface area (Å²) in [6.45, 7) is 8.41. The molecule has 0 aliphatic carbocycles. The topological polar surface area (TPSA) is 75.7 Å². The number of fused-ring (bicyclic) bond motifs is 1. The SMILES string of the molecule is CNC(=O)c1ccc2c(c1)C(=O)N(c1ccc(Cc3ccc([Si](C)(C)OC)c(C)c3)cc1C)C2=O. The summed E-state index contributed by atoms with van der Waals surface area (Å²) in [5, 5.41) is 3.83. The minimum Gasteiger partial charge on any atom is -0.416 e. The molecule has 3 aromatic rings. The molecular formula is C28H30N2O4Si. The summed E-state index contributed by atoms with van der Waals surface area (Å²) < 4.78 is 5.76. The van der Waals surface area contributed by atoms with Gasteiger partial charge < -0.3 is 9.74 Å². The molecule has 0 radical (unpaired) electrons. The van der Waals surface area contributed by atoms with Crippen LogP contribution in [0, 0.1) is 13.8 Å². The van der Waals surface area contributed by atoms with Gasteiger partial charge in [-0.2, -0.15) is 0 Å². The number of nitrogens with one attached hydrogen (secondary N) is 1. The van der Waals surface area contributed by atoms with Gasteiger partial charge in [0.1, 0.15) is 0 Å². The van der Waals surface area contributed by atoms with Crippen molar-refractivity contribution in [2.45, 2.75) is 33.4 Å². The average molecular weight is 487 g/mol. The number of imide groups is 1. The molecule has 0 fully saturated rings. The molecule has 4 rings (SSSR count). The molecule has 1 aliphatic rings. The molecule has 7 heteroatoms. The number of anilines is 1. The number of carbonyl (C=O) groups is 3. The van der Waals surface area contributed by atoms with Gasteiger partial charge in [0.25, 0.3) is 17.7 Å². The van der Waals surface area contributed by atoms with Crippen molar-refractivity contribution in [3.63, 3.8) is 0 Å². The Balaban J connectivity index is 1.59. The largest absolute Gasteiger partial charge is 0.416 e. The van der Waals surface area contributed by atoms with E-state index in [2.05, 4.69) is 43.5 Å². The summed E-state index contributed by atoms with van der Waals surface area (Å²) in [7, 11) is 1.41. The first-order valence-electron chi connectivity index (χ1n) is 11.6. The van der Waals surface area contributed by atoms with Crippen LogP contribution in [0.15, 0.2) is 54.6 Å². The highest BCUT2D eigenvalue weighted by Gasteiger charge is 2.37. The van der Waals surface area contributed by atoms with Gasteiger partial charge in [-0.25, -0.2) is 4.90 Å². The highest BCUT2D eigenvalue weighted by atomic mass is 28.4. The number of hydrogen-bond donors (Lipinski definition) is 1. The van der Waals surface area contributed by atoms with Gasteiger partial charge >= 0.3 is 0 Å². The maximum atomic E-state index is 13.1. The quantitative estimate of drug-likeness (QED) is 0.420. The van der Waals surface area contributed by atoms with Crippen LogP contribution in [-0.4, -0.2) is 40.2 Å². The minimum absolute atomic E-state index is 0.248. The third-order valence-corrected chi connectivity index (χ3v) is 9.61. The van der Waals surface area contributed by atoms with Crippen LogP contribution >= 0.6 is 0 Å². The summed E-state index contributed by atoms with van der Waals surface area (Å²) in [6.07, 6.45) is 0.745. The van der Waals surface area contributed by atoms with Crippen molar-refractivity contribution in [3.8, 4) is 0 Å². The molecule has 1 N–H and O–H groups in total. The summed E-state index contributed by atoms with van der Waals surface area (Å²) in [5.41, 5.74) is 5.82. The van der Waals surface area contributed by atoms with E-state index in [-0.39, 0.29) is 17.4 Å². The van der Waals surface area contributed by atoms with Crippen LogP contribution < -0.4 is 15.4 Å². The predicted molar refractivity (Wildman–Crippen MR) is 140 cm³/mol. The van der Waals surface area contributed by atoms with Gasteiger partial charge in [0.05, 0.1) is 16.8 Å². The number of hydrogen-bond acceptors (Lipinski definition) is 4. The lowest BCUT2D eigenvalue weighted by Crippen LogP contribution is -2.45. The van der Waals surface area contributed by atoms with Gasteiger partial charge in [-0.15, -0.1) is 0 Å². The van der Waals surface area contributed by atoms with E-state index in [1.54, 1.807) is 19.2 Å². The van der Waals surface area contributed by atoms with Crippen LogP contribution in [0.4, 0.5) is 5.69 Å². The molecule has 0 bridgehead atoms. The standard InChI is InChI=1S/C28H30N2O4Si/c1-17-13-19(15-20-8-12-25(18(2)14-20)35(5,6)34-4)7-11-24(17)30-27(32)22-10-9-21(26(31)29-3)16-23(22)28(30)33/h7-14,16H,15H2,1-6H3,(H,29,31). The summed E-state index contributed by atoms with van der Waals surface area (Å²) in [4.78, 5) is 39.4. The summed E-state index contributed by atoms with van der Waals surface area (Å²) in [5.74, 6) is -1.09. The van der Waals surface area contributed by atoms with E-state index in [0.717, 1.165) is 17.5 Å². The highest BCUT2D eigenvalue weighted by molar-refractivity contribution is 6.84. The second-order valence-electron chi connectivity index (χ2n) is 9.45. The Morgan fingerprint density at radius 2 is 1.51 bits per heavy atom. The Morgan fingerprint density at radius 1 is 0.886 bits per heavy atom. The van der Waals surface area contributed by atoms with Crippen LogP contribution in [-0.2, 0) is 10.8 Å². The fourth-order valence-electron chi connectivity index (χ4n) is 4.68. The highest BCUT2D eigenvalue weighted by Crippen LogP contribution is 2.32. The molecule has 180 valence electrons. The molecule has 0 saturated carbocycles. The molecule has 1 aliphatic heterocycles. The smallest absolute Gasteiger partial charge is 0.266 e. The lowest BCUT2D eigenvalue weighted by molar-refractivity contribution is 0.0924. The number of aryl methyl sites for hydroxylation is 2. The van der Waals surface area contributed by atoms with Crippen LogP contribution in [0.3, 0.4) is 0 Å². The monoisotopic (exact) mass is 486 g/mol. The zero-order chi connectivity index (χ0) is 25.5. The van der Waals surface area contributed by atoms with Crippen molar-refractivity contribution in [1.29, 1.82) is 0 Å². The molecule has 0 saturated heterocycles. The van der Waals surface area contributed by atoms with Crippen LogP contribution in [0.2, 0.25) is 13.1 Å². The van der Waals surface area contributed by atoms with Crippen molar-refractivity contribution >= 4 is 36.9 Å². The van der Waals surface area contributed by atoms with Gasteiger partial charge in [-0.05, 0) is 85.1 Å². The molecule has 0 unspecified atom stereocenters. The number of benzene rings is 3. The van der Waals surface area contributed by atoms with E-state index < -0.39 is 14.2 Å². The first-order chi connectivity index (χ1) is 16.6. The van der Waals surface area contributed by atoms with Gasteiger partial charge in [-0.3, -0.25) is 14.4 Å².